The van der Waals surface area contributed by atoms with Gasteiger partial charge in [0.1, 0.15) is 0 Å². The van der Waals surface area contributed by atoms with Gasteiger partial charge in [-0.3, -0.25) is 14.5 Å². The van der Waals surface area contributed by atoms with E-state index in [1.807, 2.05) is 0 Å². The van der Waals surface area contributed by atoms with E-state index in [4.69, 9.17) is 9.47 Å². The third kappa shape index (κ3) is 7.46. The first-order valence-corrected chi connectivity index (χ1v) is 8.05. The number of carbonyl (C=O) groups excluding carboxylic acids is 2. The van der Waals surface area contributed by atoms with Gasteiger partial charge in [-0.2, -0.15) is 0 Å². The molecule has 5 heteroatoms. The Morgan fingerprint density at radius 1 is 0.857 bits per heavy atom. The fourth-order valence-electron chi connectivity index (χ4n) is 2.95. The van der Waals surface area contributed by atoms with Gasteiger partial charge in [-0.25, -0.2) is 0 Å². The normalized spacial score (nSPS) is 17.1. The van der Waals surface area contributed by atoms with Gasteiger partial charge >= 0.3 is 11.9 Å². The molecule has 1 fully saturated rings. The van der Waals surface area contributed by atoms with Gasteiger partial charge in [0.05, 0.1) is 27.1 Å². The second-order valence-electron chi connectivity index (χ2n) is 5.69. The van der Waals surface area contributed by atoms with Crippen molar-refractivity contribution in [2.45, 2.75) is 63.8 Å². The van der Waals surface area contributed by atoms with Crippen molar-refractivity contribution in [2.24, 2.45) is 0 Å². The predicted molar refractivity (Wildman–Crippen MR) is 80.9 cm³/mol. The van der Waals surface area contributed by atoms with Crippen molar-refractivity contribution in [3.63, 3.8) is 0 Å². The van der Waals surface area contributed by atoms with Crippen molar-refractivity contribution >= 4 is 11.9 Å². The quantitative estimate of drug-likeness (QED) is 0.676. The van der Waals surface area contributed by atoms with E-state index in [0.29, 0.717) is 32.0 Å². The molecule has 0 aliphatic heterocycles. The van der Waals surface area contributed by atoms with E-state index >= 15 is 0 Å². The summed E-state index contributed by atoms with van der Waals surface area (Å²) in [6, 6.07) is 0.472. The van der Waals surface area contributed by atoms with Crippen LogP contribution in [0.1, 0.15) is 57.8 Å². The van der Waals surface area contributed by atoms with Crippen LogP contribution < -0.4 is 0 Å². The number of carbonyl (C=O) groups is 2. The maximum Gasteiger partial charge on any atom is 0.306 e. The highest BCUT2D eigenvalue weighted by molar-refractivity contribution is 5.70. The van der Waals surface area contributed by atoms with E-state index in [0.717, 1.165) is 12.8 Å². The minimum atomic E-state index is -0.191. The van der Waals surface area contributed by atoms with Crippen molar-refractivity contribution in [3.05, 3.63) is 0 Å². The van der Waals surface area contributed by atoms with Crippen LogP contribution in [0.3, 0.4) is 0 Å². The molecule has 1 aliphatic carbocycles. The molecule has 0 N–H and O–H groups in total. The van der Waals surface area contributed by atoms with Gasteiger partial charge in [0.2, 0.25) is 0 Å². The lowest BCUT2D eigenvalue weighted by Crippen LogP contribution is -2.39. The summed E-state index contributed by atoms with van der Waals surface area (Å²) < 4.78 is 9.44. The lowest BCUT2D eigenvalue weighted by molar-refractivity contribution is -0.141. The summed E-state index contributed by atoms with van der Waals surface area (Å²) in [5.41, 5.74) is 0. The molecule has 1 rings (SSSR count). The van der Waals surface area contributed by atoms with Gasteiger partial charge in [0.25, 0.3) is 0 Å². The zero-order chi connectivity index (χ0) is 15.5. The SMILES string of the molecule is COC(=O)CCN(CCC(=O)OC)C1CCCCCCC1. The first-order valence-electron chi connectivity index (χ1n) is 8.05. The molecular formula is C16H29NO4. The molecule has 0 aromatic heterocycles. The lowest BCUT2D eigenvalue weighted by atomic mass is 9.95. The fraction of sp³-hybridized carbons (Fsp3) is 0.875. The molecule has 0 amide bonds. The number of nitrogens with zero attached hydrogens (tertiary/aromatic N) is 1. The van der Waals surface area contributed by atoms with E-state index in [2.05, 4.69) is 4.90 Å². The van der Waals surface area contributed by atoms with Gasteiger partial charge < -0.3 is 9.47 Å². The molecular weight excluding hydrogens is 270 g/mol. The van der Waals surface area contributed by atoms with Crippen LogP contribution in [-0.4, -0.2) is 50.2 Å². The van der Waals surface area contributed by atoms with E-state index in [-0.39, 0.29) is 11.9 Å². The molecule has 0 unspecified atom stereocenters. The fourth-order valence-corrected chi connectivity index (χ4v) is 2.95. The van der Waals surface area contributed by atoms with E-state index in [9.17, 15) is 9.59 Å². The largest absolute Gasteiger partial charge is 0.469 e. The smallest absolute Gasteiger partial charge is 0.306 e. The molecule has 0 spiro atoms. The van der Waals surface area contributed by atoms with Crippen LogP contribution in [0.25, 0.3) is 0 Å². The van der Waals surface area contributed by atoms with Crippen LogP contribution >= 0.6 is 0 Å². The number of esters is 2. The predicted octanol–water partition coefficient (Wildman–Crippen LogP) is 2.53. The summed E-state index contributed by atoms with van der Waals surface area (Å²) in [6.07, 6.45) is 9.45. The Morgan fingerprint density at radius 2 is 1.29 bits per heavy atom. The molecule has 21 heavy (non-hydrogen) atoms. The minimum Gasteiger partial charge on any atom is -0.469 e. The maximum atomic E-state index is 11.4. The average molecular weight is 299 g/mol. The number of hydrogen-bond acceptors (Lipinski definition) is 5. The summed E-state index contributed by atoms with van der Waals surface area (Å²) in [5.74, 6) is -0.382. The topological polar surface area (TPSA) is 55.8 Å². The molecule has 0 heterocycles. The minimum absolute atomic E-state index is 0.191. The van der Waals surface area contributed by atoms with Crippen molar-refractivity contribution < 1.29 is 19.1 Å². The monoisotopic (exact) mass is 299 g/mol. The zero-order valence-corrected chi connectivity index (χ0v) is 13.4. The summed E-state index contributed by atoms with van der Waals surface area (Å²) in [4.78, 5) is 25.0. The molecule has 1 saturated carbocycles. The number of ether oxygens (including phenoxy) is 2. The van der Waals surface area contributed by atoms with Crippen molar-refractivity contribution in [1.82, 2.24) is 4.90 Å². The highest BCUT2D eigenvalue weighted by Gasteiger charge is 2.21. The number of methoxy groups -OCH3 is 2. The Hall–Kier alpha value is -1.10. The van der Waals surface area contributed by atoms with Crippen LogP contribution in [-0.2, 0) is 19.1 Å². The Morgan fingerprint density at radius 3 is 1.71 bits per heavy atom. The first-order chi connectivity index (χ1) is 10.2. The molecule has 1 aliphatic rings. The molecule has 122 valence electrons. The Bertz CT molecular complexity index is 291. The standard InChI is InChI=1S/C16H29NO4/c1-20-15(18)10-12-17(13-11-16(19)21-2)14-8-6-4-3-5-7-9-14/h14H,3-13H2,1-2H3. The van der Waals surface area contributed by atoms with Crippen LogP contribution in [0.4, 0.5) is 0 Å². The van der Waals surface area contributed by atoms with Crippen LogP contribution in [0, 0.1) is 0 Å². The van der Waals surface area contributed by atoms with Crippen LogP contribution in [0.5, 0.6) is 0 Å². The van der Waals surface area contributed by atoms with Gasteiger partial charge in [-0.1, -0.05) is 32.1 Å². The third-order valence-electron chi connectivity index (χ3n) is 4.25. The molecule has 0 atom stereocenters. The molecule has 5 nitrogen and oxygen atoms in total. The summed E-state index contributed by atoms with van der Waals surface area (Å²) >= 11 is 0. The summed E-state index contributed by atoms with van der Waals surface area (Å²) in [7, 11) is 2.83. The Labute approximate surface area is 128 Å². The summed E-state index contributed by atoms with van der Waals surface area (Å²) in [6.45, 7) is 1.32. The van der Waals surface area contributed by atoms with Crippen molar-refractivity contribution in [2.75, 3.05) is 27.3 Å². The van der Waals surface area contributed by atoms with Crippen LogP contribution in [0.15, 0.2) is 0 Å². The number of hydrogen-bond donors (Lipinski definition) is 0. The Kier molecular flexibility index (Phi) is 9.06. The lowest BCUT2D eigenvalue weighted by Gasteiger charge is -2.32. The van der Waals surface area contributed by atoms with Gasteiger partial charge in [0.15, 0.2) is 0 Å². The summed E-state index contributed by atoms with van der Waals surface area (Å²) in [5, 5.41) is 0. The Balaban J connectivity index is 2.54. The second-order valence-corrected chi connectivity index (χ2v) is 5.69. The average Bonchev–Trinajstić information content (AvgIpc) is 2.47. The van der Waals surface area contributed by atoms with Gasteiger partial charge in [-0.05, 0) is 12.8 Å². The second kappa shape index (κ2) is 10.6. The number of rotatable bonds is 7. The van der Waals surface area contributed by atoms with E-state index in [1.165, 1.54) is 46.3 Å². The highest BCUT2D eigenvalue weighted by Crippen LogP contribution is 2.22. The van der Waals surface area contributed by atoms with E-state index in [1.54, 1.807) is 0 Å². The third-order valence-corrected chi connectivity index (χ3v) is 4.25. The zero-order valence-electron chi connectivity index (χ0n) is 13.4. The van der Waals surface area contributed by atoms with Gasteiger partial charge in [0, 0.05) is 19.1 Å². The highest BCUT2D eigenvalue weighted by atomic mass is 16.5. The van der Waals surface area contributed by atoms with Crippen molar-refractivity contribution in [3.8, 4) is 0 Å². The van der Waals surface area contributed by atoms with Crippen molar-refractivity contribution in [1.29, 1.82) is 0 Å². The van der Waals surface area contributed by atoms with Crippen LogP contribution in [0.2, 0.25) is 0 Å². The van der Waals surface area contributed by atoms with E-state index < -0.39 is 0 Å². The molecule has 0 saturated heterocycles. The van der Waals surface area contributed by atoms with Gasteiger partial charge in [-0.15, -0.1) is 0 Å². The first kappa shape index (κ1) is 18.0. The molecule has 0 aromatic rings. The molecule has 0 bridgehead atoms. The molecule has 0 radical (unpaired) electrons. The molecule has 0 aromatic carbocycles. The maximum absolute atomic E-state index is 11.4.